The van der Waals surface area contributed by atoms with E-state index in [1.807, 2.05) is 6.92 Å². The second kappa shape index (κ2) is 5.85. The third kappa shape index (κ3) is 2.59. The lowest BCUT2D eigenvalue weighted by molar-refractivity contribution is 0.646. The predicted octanol–water partition coefficient (Wildman–Crippen LogP) is 3.83. The third-order valence-corrected chi connectivity index (χ3v) is 4.83. The lowest BCUT2D eigenvalue weighted by Gasteiger charge is -2.16. The number of nitrogens with two attached hydrogens (primary N) is 1. The van der Waals surface area contributed by atoms with Crippen LogP contribution in [-0.2, 0) is 6.42 Å². The molecule has 0 amide bonds. The molecule has 2 nitrogen and oxygen atoms in total. The quantitative estimate of drug-likeness (QED) is 0.660. The fourth-order valence-corrected chi connectivity index (χ4v) is 3.35. The van der Waals surface area contributed by atoms with Crippen LogP contribution in [0.15, 0.2) is 29.6 Å². The Bertz CT molecular complexity index is 536. The molecule has 96 valence electrons. The van der Waals surface area contributed by atoms with Crippen molar-refractivity contribution in [3.8, 4) is 0 Å². The maximum atomic E-state index is 6.32. The zero-order chi connectivity index (χ0) is 13.1. The Morgan fingerprint density at radius 2 is 2.22 bits per heavy atom. The summed E-state index contributed by atoms with van der Waals surface area (Å²) < 4.78 is 0. The average molecular weight is 281 g/mol. The van der Waals surface area contributed by atoms with Crippen LogP contribution in [0.2, 0.25) is 5.02 Å². The van der Waals surface area contributed by atoms with Crippen LogP contribution in [0.3, 0.4) is 0 Å². The number of nitrogens with one attached hydrogen (secondary N) is 1. The third-order valence-electron chi connectivity index (χ3n) is 3.05. The van der Waals surface area contributed by atoms with E-state index in [0.717, 1.165) is 27.4 Å². The number of thiophene rings is 1. The molecule has 0 radical (unpaired) electrons. The highest BCUT2D eigenvalue weighted by molar-refractivity contribution is 7.10. The van der Waals surface area contributed by atoms with Gasteiger partial charge in [0.2, 0.25) is 0 Å². The van der Waals surface area contributed by atoms with E-state index in [-0.39, 0.29) is 6.04 Å². The number of benzene rings is 1. The summed E-state index contributed by atoms with van der Waals surface area (Å²) in [5.41, 5.74) is 6.42. The molecule has 4 heteroatoms. The maximum absolute atomic E-state index is 6.32. The largest absolute Gasteiger partial charge is 0.271 e. The van der Waals surface area contributed by atoms with E-state index in [9.17, 15) is 0 Å². The summed E-state index contributed by atoms with van der Waals surface area (Å²) in [6.45, 7) is 4.16. The molecule has 1 aromatic carbocycles. The zero-order valence-corrected chi connectivity index (χ0v) is 12.1. The molecule has 1 heterocycles. The standard InChI is InChI=1S/C14H17ClN2S/c1-3-10-5-4-6-11(7-10)13(17-16)14-12(15)9(2)8-18-14/h4-8,13,17H,3,16H2,1-2H3. The number of hydrogen-bond donors (Lipinski definition) is 2. The van der Waals surface area contributed by atoms with Crippen molar-refractivity contribution in [2.45, 2.75) is 26.3 Å². The number of hydrazine groups is 1. The molecule has 0 saturated heterocycles. The van der Waals surface area contributed by atoms with Crippen molar-refractivity contribution in [1.82, 2.24) is 5.43 Å². The molecule has 0 spiro atoms. The van der Waals surface area contributed by atoms with Gasteiger partial charge in [0.25, 0.3) is 0 Å². The van der Waals surface area contributed by atoms with Gasteiger partial charge in [-0.25, -0.2) is 5.43 Å². The van der Waals surface area contributed by atoms with E-state index >= 15 is 0 Å². The Morgan fingerprint density at radius 1 is 1.44 bits per heavy atom. The molecule has 0 saturated carbocycles. The van der Waals surface area contributed by atoms with Gasteiger partial charge in [-0.15, -0.1) is 11.3 Å². The monoisotopic (exact) mass is 280 g/mol. The molecular weight excluding hydrogens is 264 g/mol. The van der Waals surface area contributed by atoms with Gasteiger partial charge in [-0.3, -0.25) is 5.84 Å². The molecule has 1 unspecified atom stereocenters. The van der Waals surface area contributed by atoms with Gasteiger partial charge in [0.15, 0.2) is 0 Å². The van der Waals surface area contributed by atoms with Crippen LogP contribution < -0.4 is 11.3 Å². The summed E-state index contributed by atoms with van der Waals surface area (Å²) in [7, 11) is 0. The van der Waals surface area contributed by atoms with Crippen molar-refractivity contribution in [2.75, 3.05) is 0 Å². The Balaban J connectivity index is 2.41. The van der Waals surface area contributed by atoms with E-state index in [4.69, 9.17) is 17.4 Å². The predicted molar refractivity (Wildman–Crippen MR) is 79.1 cm³/mol. The van der Waals surface area contributed by atoms with Gasteiger partial charge in [0.05, 0.1) is 11.1 Å². The molecule has 3 N–H and O–H groups in total. The molecule has 0 aliphatic heterocycles. The first-order valence-electron chi connectivity index (χ1n) is 5.95. The van der Waals surface area contributed by atoms with Gasteiger partial charge in [0, 0.05) is 4.88 Å². The summed E-state index contributed by atoms with van der Waals surface area (Å²) in [5, 5.41) is 2.87. The number of aryl methyl sites for hydroxylation is 2. The van der Waals surface area contributed by atoms with Crippen molar-refractivity contribution in [3.05, 3.63) is 56.2 Å². The summed E-state index contributed by atoms with van der Waals surface area (Å²) in [6.07, 6.45) is 1.02. The number of halogens is 1. The van der Waals surface area contributed by atoms with E-state index in [0.29, 0.717) is 0 Å². The highest BCUT2D eigenvalue weighted by Gasteiger charge is 2.18. The van der Waals surface area contributed by atoms with Gasteiger partial charge < -0.3 is 0 Å². The summed E-state index contributed by atoms with van der Waals surface area (Å²) in [5.74, 6) is 5.70. The van der Waals surface area contributed by atoms with Crippen LogP contribution in [0.25, 0.3) is 0 Å². The summed E-state index contributed by atoms with van der Waals surface area (Å²) >= 11 is 7.96. The minimum Gasteiger partial charge on any atom is -0.271 e. The molecule has 2 aromatic rings. The van der Waals surface area contributed by atoms with Crippen molar-refractivity contribution in [3.63, 3.8) is 0 Å². The van der Waals surface area contributed by atoms with Gasteiger partial charge >= 0.3 is 0 Å². The molecule has 1 atom stereocenters. The lowest BCUT2D eigenvalue weighted by Crippen LogP contribution is -2.28. The van der Waals surface area contributed by atoms with Gasteiger partial charge in [-0.05, 0) is 35.4 Å². The maximum Gasteiger partial charge on any atom is 0.0817 e. The SMILES string of the molecule is CCc1cccc(C(NN)c2scc(C)c2Cl)c1. The lowest BCUT2D eigenvalue weighted by atomic mass is 10.0. The van der Waals surface area contributed by atoms with Crippen LogP contribution >= 0.6 is 22.9 Å². The van der Waals surface area contributed by atoms with Gasteiger partial charge in [-0.1, -0.05) is 42.8 Å². The highest BCUT2D eigenvalue weighted by atomic mass is 35.5. The highest BCUT2D eigenvalue weighted by Crippen LogP contribution is 2.35. The fraction of sp³-hybridized carbons (Fsp3) is 0.286. The summed E-state index contributed by atoms with van der Waals surface area (Å²) in [6, 6.07) is 8.40. The van der Waals surface area contributed by atoms with Crippen LogP contribution in [0.1, 0.15) is 34.5 Å². The van der Waals surface area contributed by atoms with E-state index < -0.39 is 0 Å². The molecule has 0 bridgehead atoms. The summed E-state index contributed by atoms with van der Waals surface area (Å²) in [4.78, 5) is 1.07. The molecule has 1 aromatic heterocycles. The normalized spacial score (nSPS) is 12.7. The van der Waals surface area contributed by atoms with Crippen LogP contribution in [0.5, 0.6) is 0 Å². The fourth-order valence-electron chi connectivity index (χ4n) is 1.96. The molecule has 0 aliphatic carbocycles. The molecule has 2 rings (SSSR count). The Labute approximate surface area is 117 Å². The molecule has 18 heavy (non-hydrogen) atoms. The van der Waals surface area contributed by atoms with Gasteiger partial charge in [-0.2, -0.15) is 0 Å². The number of rotatable bonds is 4. The van der Waals surface area contributed by atoms with Gasteiger partial charge in [0.1, 0.15) is 0 Å². The number of hydrogen-bond acceptors (Lipinski definition) is 3. The Kier molecular flexibility index (Phi) is 4.40. The van der Waals surface area contributed by atoms with Crippen molar-refractivity contribution in [2.24, 2.45) is 5.84 Å². The Hall–Kier alpha value is -0.870. The zero-order valence-electron chi connectivity index (χ0n) is 10.5. The first kappa shape index (κ1) is 13.6. The van der Waals surface area contributed by atoms with Crippen LogP contribution in [-0.4, -0.2) is 0 Å². The van der Waals surface area contributed by atoms with E-state index in [1.165, 1.54) is 5.56 Å². The van der Waals surface area contributed by atoms with Crippen molar-refractivity contribution in [1.29, 1.82) is 0 Å². The van der Waals surface area contributed by atoms with Crippen LogP contribution in [0.4, 0.5) is 0 Å². The minimum absolute atomic E-state index is 0.0392. The van der Waals surface area contributed by atoms with Crippen molar-refractivity contribution < 1.29 is 0 Å². The minimum atomic E-state index is -0.0392. The van der Waals surface area contributed by atoms with Crippen molar-refractivity contribution >= 4 is 22.9 Å². The molecule has 0 fully saturated rings. The first-order chi connectivity index (χ1) is 8.67. The van der Waals surface area contributed by atoms with E-state index in [1.54, 1.807) is 11.3 Å². The average Bonchev–Trinajstić information content (AvgIpc) is 2.72. The second-order valence-electron chi connectivity index (χ2n) is 4.30. The first-order valence-corrected chi connectivity index (χ1v) is 7.21. The Morgan fingerprint density at radius 3 is 2.78 bits per heavy atom. The van der Waals surface area contributed by atoms with Crippen LogP contribution in [0, 0.1) is 6.92 Å². The molecular formula is C14H17ClN2S. The molecule has 0 aliphatic rings. The second-order valence-corrected chi connectivity index (χ2v) is 5.58. The van der Waals surface area contributed by atoms with E-state index in [2.05, 4.69) is 42.0 Å². The smallest absolute Gasteiger partial charge is 0.0817 e. The topological polar surface area (TPSA) is 38.0 Å².